The highest BCUT2D eigenvalue weighted by molar-refractivity contribution is 6.31. The van der Waals surface area contributed by atoms with Crippen LogP contribution in [0.3, 0.4) is 0 Å². The van der Waals surface area contributed by atoms with E-state index in [-0.39, 0.29) is 24.1 Å². The van der Waals surface area contributed by atoms with E-state index in [0.29, 0.717) is 16.3 Å². The van der Waals surface area contributed by atoms with Gasteiger partial charge in [-0.05, 0) is 57.7 Å². The van der Waals surface area contributed by atoms with Crippen molar-refractivity contribution < 1.29 is 9.53 Å². The predicted octanol–water partition coefficient (Wildman–Crippen LogP) is 3.13. The van der Waals surface area contributed by atoms with Gasteiger partial charge in [-0.2, -0.15) is 0 Å². The number of amides is 1. The van der Waals surface area contributed by atoms with E-state index in [1.54, 1.807) is 18.2 Å². The van der Waals surface area contributed by atoms with Gasteiger partial charge in [0.1, 0.15) is 5.75 Å². The van der Waals surface area contributed by atoms with Gasteiger partial charge in [-0.3, -0.25) is 4.79 Å². The summed E-state index contributed by atoms with van der Waals surface area (Å²) in [6.45, 7) is 3.86. The Balaban J connectivity index is 2.08. The second kappa shape index (κ2) is 7.14. The molecule has 1 aliphatic carbocycles. The topological polar surface area (TPSA) is 64.3 Å². The molecule has 0 saturated heterocycles. The van der Waals surface area contributed by atoms with Crippen LogP contribution in [0.25, 0.3) is 0 Å². The number of nitrogens with two attached hydrogens (primary N) is 1. The van der Waals surface area contributed by atoms with Gasteiger partial charge in [-0.1, -0.05) is 11.6 Å². The quantitative estimate of drug-likeness (QED) is 0.898. The summed E-state index contributed by atoms with van der Waals surface area (Å²) >= 11 is 6.01. The first-order chi connectivity index (χ1) is 9.95. The Hall–Kier alpha value is -1.26. The van der Waals surface area contributed by atoms with Crippen LogP contribution in [0.4, 0.5) is 0 Å². The molecule has 4 nitrogen and oxygen atoms in total. The Morgan fingerprint density at radius 1 is 1.33 bits per heavy atom. The predicted molar refractivity (Wildman–Crippen MR) is 84.9 cm³/mol. The van der Waals surface area contributed by atoms with E-state index < -0.39 is 0 Å². The van der Waals surface area contributed by atoms with Crippen molar-refractivity contribution in [3.05, 3.63) is 28.8 Å². The van der Waals surface area contributed by atoms with E-state index in [1.807, 2.05) is 13.8 Å². The summed E-state index contributed by atoms with van der Waals surface area (Å²) in [5.41, 5.74) is 6.38. The third kappa shape index (κ3) is 4.61. The maximum Gasteiger partial charge on any atom is 0.255 e. The van der Waals surface area contributed by atoms with Crippen molar-refractivity contribution in [2.75, 3.05) is 0 Å². The largest absolute Gasteiger partial charge is 0.490 e. The average Bonchev–Trinajstić information content (AvgIpc) is 2.43. The Bertz CT molecular complexity index is 497. The SMILES string of the molecule is CC(C)Oc1ccc(Cl)cc1C(=O)NC1CCC(N)CC1. The second-order valence-electron chi connectivity index (χ2n) is 5.89. The van der Waals surface area contributed by atoms with Gasteiger partial charge in [0.05, 0.1) is 11.7 Å². The molecule has 116 valence electrons. The lowest BCUT2D eigenvalue weighted by Crippen LogP contribution is -2.40. The average molecular weight is 311 g/mol. The molecule has 0 aliphatic heterocycles. The number of ether oxygens (including phenoxy) is 1. The Morgan fingerprint density at radius 3 is 2.62 bits per heavy atom. The number of carbonyl (C=O) groups is 1. The number of benzene rings is 1. The maximum absolute atomic E-state index is 12.5. The van der Waals surface area contributed by atoms with E-state index in [9.17, 15) is 4.79 Å². The molecule has 5 heteroatoms. The van der Waals surface area contributed by atoms with Crippen LogP contribution in [0.5, 0.6) is 5.75 Å². The lowest BCUT2D eigenvalue weighted by Gasteiger charge is -2.27. The number of carbonyl (C=O) groups excluding carboxylic acids is 1. The van der Waals surface area contributed by atoms with Gasteiger partial charge in [0, 0.05) is 17.1 Å². The zero-order valence-corrected chi connectivity index (χ0v) is 13.3. The molecule has 0 radical (unpaired) electrons. The highest BCUT2D eigenvalue weighted by Gasteiger charge is 2.22. The summed E-state index contributed by atoms with van der Waals surface area (Å²) in [5, 5.41) is 3.59. The minimum Gasteiger partial charge on any atom is -0.490 e. The molecule has 0 aromatic heterocycles. The van der Waals surface area contributed by atoms with Crippen LogP contribution in [0, 0.1) is 0 Å². The number of halogens is 1. The summed E-state index contributed by atoms with van der Waals surface area (Å²) in [5.74, 6) is 0.438. The lowest BCUT2D eigenvalue weighted by molar-refractivity contribution is 0.0920. The third-order valence-corrected chi connectivity index (χ3v) is 3.89. The molecule has 0 unspecified atom stereocenters. The molecule has 0 heterocycles. The molecule has 1 aliphatic rings. The van der Waals surface area contributed by atoms with Crippen molar-refractivity contribution in [1.82, 2.24) is 5.32 Å². The summed E-state index contributed by atoms with van der Waals surface area (Å²) in [4.78, 5) is 12.5. The van der Waals surface area contributed by atoms with Crippen LogP contribution < -0.4 is 15.8 Å². The molecule has 21 heavy (non-hydrogen) atoms. The standard InChI is InChI=1S/C16H23ClN2O2/c1-10(2)21-15-8-3-11(17)9-14(15)16(20)19-13-6-4-12(18)5-7-13/h3,8-10,12-13H,4-7,18H2,1-2H3,(H,19,20). The number of rotatable bonds is 4. The second-order valence-corrected chi connectivity index (χ2v) is 6.33. The number of nitrogens with one attached hydrogen (secondary N) is 1. The third-order valence-electron chi connectivity index (χ3n) is 3.66. The van der Waals surface area contributed by atoms with Gasteiger partial charge in [0.2, 0.25) is 0 Å². The maximum atomic E-state index is 12.5. The molecule has 2 rings (SSSR count). The first kappa shape index (κ1) is 16.1. The van der Waals surface area contributed by atoms with E-state index >= 15 is 0 Å². The minimum absolute atomic E-state index is 0.00500. The molecule has 1 aromatic rings. The minimum atomic E-state index is -0.131. The normalized spacial score (nSPS) is 22.1. The van der Waals surface area contributed by atoms with Gasteiger partial charge in [0.15, 0.2) is 0 Å². The first-order valence-electron chi connectivity index (χ1n) is 7.48. The van der Waals surface area contributed by atoms with Gasteiger partial charge in [0.25, 0.3) is 5.91 Å². The molecule has 1 aromatic carbocycles. The molecule has 1 saturated carbocycles. The van der Waals surface area contributed by atoms with Crippen molar-refractivity contribution in [3.8, 4) is 5.75 Å². The molecule has 0 spiro atoms. The van der Waals surface area contributed by atoms with Gasteiger partial charge >= 0.3 is 0 Å². The molecule has 0 bridgehead atoms. The summed E-state index contributed by atoms with van der Waals surface area (Å²) in [6.07, 6.45) is 3.76. The first-order valence-corrected chi connectivity index (χ1v) is 7.86. The highest BCUT2D eigenvalue weighted by atomic mass is 35.5. The van der Waals surface area contributed by atoms with E-state index in [2.05, 4.69) is 5.32 Å². The molecular formula is C16H23ClN2O2. The van der Waals surface area contributed by atoms with Crippen LogP contribution in [0.15, 0.2) is 18.2 Å². The van der Waals surface area contributed by atoms with E-state index in [4.69, 9.17) is 22.1 Å². The van der Waals surface area contributed by atoms with Crippen molar-refractivity contribution in [1.29, 1.82) is 0 Å². The van der Waals surface area contributed by atoms with E-state index in [0.717, 1.165) is 25.7 Å². The van der Waals surface area contributed by atoms with Crippen LogP contribution in [0.1, 0.15) is 49.9 Å². The van der Waals surface area contributed by atoms with Crippen molar-refractivity contribution >= 4 is 17.5 Å². The number of hydrogen-bond donors (Lipinski definition) is 2. The van der Waals surface area contributed by atoms with Crippen molar-refractivity contribution in [3.63, 3.8) is 0 Å². The fraction of sp³-hybridized carbons (Fsp3) is 0.562. The van der Waals surface area contributed by atoms with Gasteiger partial charge < -0.3 is 15.8 Å². The summed E-state index contributed by atoms with van der Waals surface area (Å²) < 4.78 is 5.69. The Labute approximate surface area is 131 Å². The molecular weight excluding hydrogens is 288 g/mol. The van der Waals surface area contributed by atoms with E-state index in [1.165, 1.54) is 0 Å². The fourth-order valence-electron chi connectivity index (χ4n) is 2.56. The van der Waals surface area contributed by atoms with Crippen LogP contribution >= 0.6 is 11.6 Å². The lowest BCUT2D eigenvalue weighted by atomic mass is 9.91. The van der Waals surface area contributed by atoms with Crippen LogP contribution in [-0.4, -0.2) is 24.1 Å². The molecule has 1 amide bonds. The van der Waals surface area contributed by atoms with Crippen molar-refractivity contribution in [2.45, 2.75) is 57.7 Å². The zero-order valence-electron chi connectivity index (χ0n) is 12.6. The molecule has 1 fully saturated rings. The fourth-order valence-corrected chi connectivity index (χ4v) is 2.74. The zero-order chi connectivity index (χ0) is 15.4. The smallest absolute Gasteiger partial charge is 0.255 e. The number of hydrogen-bond acceptors (Lipinski definition) is 3. The Morgan fingerprint density at radius 2 is 2.00 bits per heavy atom. The molecule has 3 N–H and O–H groups in total. The van der Waals surface area contributed by atoms with Crippen LogP contribution in [-0.2, 0) is 0 Å². The highest BCUT2D eigenvalue weighted by Crippen LogP contribution is 2.25. The summed E-state index contributed by atoms with van der Waals surface area (Å²) in [7, 11) is 0. The molecule has 0 atom stereocenters. The Kier molecular flexibility index (Phi) is 5.48. The van der Waals surface area contributed by atoms with Crippen molar-refractivity contribution in [2.24, 2.45) is 5.73 Å². The monoisotopic (exact) mass is 310 g/mol. The van der Waals surface area contributed by atoms with Gasteiger partial charge in [-0.25, -0.2) is 0 Å². The summed E-state index contributed by atoms with van der Waals surface area (Å²) in [6, 6.07) is 5.58. The van der Waals surface area contributed by atoms with Crippen LogP contribution in [0.2, 0.25) is 5.02 Å². The van der Waals surface area contributed by atoms with Gasteiger partial charge in [-0.15, -0.1) is 0 Å².